The molecule has 0 unspecified atom stereocenters. The van der Waals surface area contributed by atoms with Crippen LogP contribution in [0.4, 0.5) is 5.82 Å². The molecule has 2 heterocycles. The van der Waals surface area contributed by atoms with Crippen LogP contribution in [0.2, 0.25) is 0 Å². The number of pyridine rings is 1. The van der Waals surface area contributed by atoms with E-state index in [4.69, 9.17) is 0 Å². The van der Waals surface area contributed by atoms with Gasteiger partial charge in [0.2, 0.25) is 10.0 Å². The quantitative estimate of drug-likeness (QED) is 0.826. The fourth-order valence-electron chi connectivity index (χ4n) is 1.90. The summed E-state index contributed by atoms with van der Waals surface area (Å²) in [6.07, 6.45) is 3.09. The second-order valence-electron chi connectivity index (χ2n) is 4.34. The largest absolute Gasteiger partial charge is 0.354 e. The summed E-state index contributed by atoms with van der Waals surface area (Å²) in [7, 11) is -3.05. The van der Waals surface area contributed by atoms with Gasteiger partial charge in [-0.2, -0.15) is 4.31 Å². The van der Waals surface area contributed by atoms with Crippen LogP contribution in [0.15, 0.2) is 18.3 Å². The molecule has 1 aliphatic rings. The molecule has 0 N–H and O–H groups in total. The second-order valence-corrected chi connectivity index (χ2v) is 6.33. The Kier molecular flexibility index (Phi) is 5.75. The highest BCUT2D eigenvalue weighted by Gasteiger charge is 2.23. The van der Waals surface area contributed by atoms with Crippen molar-refractivity contribution < 1.29 is 8.42 Å². The number of aryl methyl sites for hydroxylation is 1. The van der Waals surface area contributed by atoms with Crippen molar-refractivity contribution in [3.05, 3.63) is 23.9 Å². The number of rotatable bonds is 2. The maximum absolute atomic E-state index is 11.4. The van der Waals surface area contributed by atoms with Crippen molar-refractivity contribution in [3.8, 4) is 0 Å². The van der Waals surface area contributed by atoms with Crippen molar-refractivity contribution in [2.45, 2.75) is 20.8 Å². The first-order valence-corrected chi connectivity index (χ1v) is 8.44. The number of anilines is 1. The van der Waals surface area contributed by atoms with Crippen LogP contribution in [0, 0.1) is 6.92 Å². The number of sulfonamides is 1. The van der Waals surface area contributed by atoms with Gasteiger partial charge in [0, 0.05) is 32.4 Å². The van der Waals surface area contributed by atoms with E-state index in [0.717, 1.165) is 11.4 Å². The Morgan fingerprint density at radius 2 is 1.68 bits per heavy atom. The average Bonchev–Trinajstić information content (AvgIpc) is 2.41. The lowest BCUT2D eigenvalue weighted by Crippen LogP contribution is -2.48. The molecule has 1 saturated heterocycles. The van der Waals surface area contributed by atoms with Crippen LogP contribution < -0.4 is 4.90 Å². The van der Waals surface area contributed by atoms with Crippen molar-refractivity contribution in [1.82, 2.24) is 9.29 Å². The first-order valence-electron chi connectivity index (χ1n) is 6.59. The molecule has 0 atom stereocenters. The predicted molar refractivity (Wildman–Crippen MR) is 79.0 cm³/mol. The molecule has 1 aromatic rings. The molecule has 19 heavy (non-hydrogen) atoms. The third kappa shape index (κ3) is 4.47. The predicted octanol–water partition coefficient (Wildman–Crippen LogP) is 1.50. The highest BCUT2D eigenvalue weighted by molar-refractivity contribution is 7.88. The molecule has 0 saturated carbocycles. The fourth-order valence-corrected chi connectivity index (χ4v) is 2.72. The molecule has 5 nitrogen and oxygen atoms in total. The molecule has 1 aliphatic heterocycles. The minimum atomic E-state index is -3.05. The topological polar surface area (TPSA) is 53.5 Å². The van der Waals surface area contributed by atoms with Gasteiger partial charge in [-0.1, -0.05) is 19.9 Å². The summed E-state index contributed by atoms with van der Waals surface area (Å²) in [5.41, 5.74) is 1.13. The van der Waals surface area contributed by atoms with Crippen LogP contribution in [0.1, 0.15) is 19.4 Å². The lowest BCUT2D eigenvalue weighted by atomic mass is 10.3. The highest BCUT2D eigenvalue weighted by Crippen LogP contribution is 2.14. The summed E-state index contributed by atoms with van der Waals surface area (Å²) in [6, 6.07) is 4.00. The molecule has 1 aromatic heterocycles. The smallest absolute Gasteiger partial charge is 0.211 e. The first kappa shape index (κ1) is 15.9. The SMILES string of the molecule is CC.Cc1ccc(N2CCN(S(C)(=O)=O)CC2)nc1. The maximum Gasteiger partial charge on any atom is 0.211 e. The molecule has 0 aromatic carbocycles. The average molecular weight is 285 g/mol. The first-order chi connectivity index (χ1) is 8.97. The van der Waals surface area contributed by atoms with Crippen LogP contribution in [0.3, 0.4) is 0 Å². The van der Waals surface area contributed by atoms with Gasteiger partial charge in [0.1, 0.15) is 5.82 Å². The normalized spacial score (nSPS) is 16.7. The fraction of sp³-hybridized carbons (Fsp3) is 0.615. The number of piperazine rings is 1. The minimum absolute atomic E-state index is 0.536. The van der Waals surface area contributed by atoms with Gasteiger partial charge in [-0.25, -0.2) is 13.4 Å². The van der Waals surface area contributed by atoms with E-state index in [1.54, 1.807) is 0 Å². The molecule has 6 heteroatoms. The van der Waals surface area contributed by atoms with Gasteiger partial charge in [-0.3, -0.25) is 0 Å². The Morgan fingerprint density at radius 3 is 2.11 bits per heavy atom. The third-order valence-electron chi connectivity index (χ3n) is 2.93. The van der Waals surface area contributed by atoms with Crippen LogP contribution in [-0.4, -0.2) is 50.1 Å². The molecular weight excluding hydrogens is 262 g/mol. The number of aromatic nitrogens is 1. The Bertz CT molecular complexity index is 477. The van der Waals surface area contributed by atoms with E-state index < -0.39 is 10.0 Å². The summed E-state index contributed by atoms with van der Waals surface area (Å²) < 4.78 is 24.2. The zero-order valence-electron chi connectivity index (χ0n) is 12.1. The Hall–Kier alpha value is -1.14. The molecule has 0 bridgehead atoms. The summed E-state index contributed by atoms with van der Waals surface area (Å²) in [5, 5.41) is 0. The van der Waals surface area contributed by atoms with Crippen LogP contribution in [-0.2, 0) is 10.0 Å². The third-order valence-corrected chi connectivity index (χ3v) is 4.23. The van der Waals surface area contributed by atoms with Crippen molar-refractivity contribution in [2.24, 2.45) is 0 Å². The minimum Gasteiger partial charge on any atom is -0.354 e. The van der Waals surface area contributed by atoms with Crippen LogP contribution in [0.25, 0.3) is 0 Å². The van der Waals surface area contributed by atoms with Gasteiger partial charge in [0.25, 0.3) is 0 Å². The Morgan fingerprint density at radius 1 is 1.11 bits per heavy atom. The van der Waals surface area contributed by atoms with E-state index in [0.29, 0.717) is 26.2 Å². The van der Waals surface area contributed by atoms with Gasteiger partial charge >= 0.3 is 0 Å². The standard InChI is InChI=1S/C11H17N3O2S.C2H6/c1-10-3-4-11(12-9-10)13-5-7-14(8-6-13)17(2,15)16;1-2/h3-4,9H,5-8H2,1-2H3;1-2H3. The monoisotopic (exact) mass is 285 g/mol. The maximum atomic E-state index is 11.4. The van der Waals surface area contributed by atoms with Crippen molar-refractivity contribution >= 4 is 15.8 Å². The molecular formula is C13H23N3O2S. The van der Waals surface area contributed by atoms with E-state index in [1.807, 2.05) is 39.1 Å². The summed E-state index contributed by atoms with van der Waals surface area (Å²) in [4.78, 5) is 6.46. The van der Waals surface area contributed by atoms with Crippen LogP contribution in [0.5, 0.6) is 0 Å². The van der Waals surface area contributed by atoms with Gasteiger partial charge < -0.3 is 4.90 Å². The van der Waals surface area contributed by atoms with E-state index >= 15 is 0 Å². The van der Waals surface area contributed by atoms with Gasteiger partial charge in [0.05, 0.1) is 6.26 Å². The molecule has 0 radical (unpaired) electrons. The molecule has 0 aliphatic carbocycles. The lowest BCUT2D eigenvalue weighted by Gasteiger charge is -2.33. The lowest BCUT2D eigenvalue weighted by molar-refractivity contribution is 0.387. The molecule has 108 valence electrons. The highest BCUT2D eigenvalue weighted by atomic mass is 32.2. The van der Waals surface area contributed by atoms with Crippen molar-refractivity contribution in [3.63, 3.8) is 0 Å². The summed E-state index contributed by atoms with van der Waals surface area (Å²) in [5.74, 6) is 0.920. The van der Waals surface area contributed by atoms with Crippen molar-refractivity contribution in [1.29, 1.82) is 0 Å². The molecule has 0 amide bonds. The zero-order chi connectivity index (χ0) is 14.5. The van der Waals surface area contributed by atoms with Crippen molar-refractivity contribution in [2.75, 3.05) is 37.3 Å². The molecule has 2 rings (SSSR count). The number of hydrogen-bond donors (Lipinski definition) is 0. The van der Waals surface area contributed by atoms with E-state index in [9.17, 15) is 8.42 Å². The number of hydrogen-bond acceptors (Lipinski definition) is 4. The van der Waals surface area contributed by atoms with Gasteiger partial charge in [0.15, 0.2) is 0 Å². The van der Waals surface area contributed by atoms with Gasteiger partial charge in [-0.05, 0) is 18.6 Å². The van der Waals surface area contributed by atoms with Crippen LogP contribution >= 0.6 is 0 Å². The van der Waals surface area contributed by atoms with Gasteiger partial charge in [-0.15, -0.1) is 0 Å². The summed E-state index contributed by atoms with van der Waals surface area (Å²) >= 11 is 0. The van der Waals surface area contributed by atoms with E-state index in [-0.39, 0.29) is 0 Å². The van der Waals surface area contributed by atoms with E-state index in [2.05, 4.69) is 9.88 Å². The Balaban J connectivity index is 0.000000861. The van der Waals surface area contributed by atoms with E-state index in [1.165, 1.54) is 10.6 Å². The summed E-state index contributed by atoms with van der Waals surface area (Å²) in [6.45, 7) is 8.47. The molecule has 1 fully saturated rings. The zero-order valence-corrected chi connectivity index (χ0v) is 12.9. The Labute approximate surface area is 116 Å². The number of nitrogens with zero attached hydrogens (tertiary/aromatic N) is 3. The second kappa shape index (κ2) is 6.86. The molecule has 0 spiro atoms.